The number of hydrogen-bond acceptors (Lipinski definition) is 2. The Morgan fingerprint density at radius 3 is 2.30 bits per heavy atom. The Morgan fingerprint density at radius 2 is 1.70 bits per heavy atom. The summed E-state index contributed by atoms with van der Waals surface area (Å²) in [6.07, 6.45) is 1.08. The molecule has 0 aromatic heterocycles. The molecule has 0 amide bonds. The monoisotopic (exact) mass is 264 g/mol. The van der Waals surface area contributed by atoms with Crippen LogP contribution < -0.4 is 5.32 Å². The summed E-state index contributed by atoms with van der Waals surface area (Å²) in [6.45, 7) is 5.91. The van der Waals surface area contributed by atoms with Crippen molar-refractivity contribution in [1.29, 1.82) is 5.26 Å². The third-order valence-corrected chi connectivity index (χ3v) is 3.55. The molecule has 2 nitrogen and oxygen atoms in total. The van der Waals surface area contributed by atoms with E-state index in [0.717, 1.165) is 30.6 Å². The van der Waals surface area contributed by atoms with Crippen LogP contribution in [0.2, 0.25) is 0 Å². The average molecular weight is 264 g/mol. The second-order valence-corrected chi connectivity index (χ2v) is 5.03. The second kappa shape index (κ2) is 6.88. The van der Waals surface area contributed by atoms with Gasteiger partial charge in [-0.1, -0.05) is 37.3 Å². The van der Waals surface area contributed by atoms with Gasteiger partial charge in [0.05, 0.1) is 11.6 Å². The van der Waals surface area contributed by atoms with Crippen molar-refractivity contribution < 1.29 is 0 Å². The Hall–Kier alpha value is -2.11. The zero-order valence-electron chi connectivity index (χ0n) is 12.1. The Balaban J connectivity index is 1.91. The highest BCUT2D eigenvalue weighted by Crippen LogP contribution is 2.11. The molecule has 0 spiro atoms. The first-order valence-electron chi connectivity index (χ1n) is 7.01. The predicted octanol–water partition coefficient (Wildman–Crippen LogP) is 3.72. The van der Waals surface area contributed by atoms with Gasteiger partial charge in [-0.05, 0) is 47.7 Å². The third kappa shape index (κ3) is 3.69. The van der Waals surface area contributed by atoms with Crippen LogP contribution in [-0.4, -0.2) is 0 Å². The van der Waals surface area contributed by atoms with Gasteiger partial charge < -0.3 is 5.32 Å². The minimum atomic E-state index is 0.724. The number of nitrogens with one attached hydrogen (secondary N) is 1. The van der Waals surface area contributed by atoms with E-state index in [2.05, 4.69) is 42.6 Å². The zero-order valence-corrected chi connectivity index (χ0v) is 12.1. The van der Waals surface area contributed by atoms with Crippen molar-refractivity contribution in [2.45, 2.75) is 33.4 Å². The molecule has 2 aromatic rings. The molecular weight excluding hydrogens is 244 g/mol. The molecule has 102 valence electrons. The van der Waals surface area contributed by atoms with Gasteiger partial charge >= 0.3 is 0 Å². The van der Waals surface area contributed by atoms with Gasteiger partial charge in [0.1, 0.15) is 0 Å². The first-order chi connectivity index (χ1) is 9.72. The van der Waals surface area contributed by atoms with Crippen LogP contribution in [-0.2, 0) is 19.5 Å². The Morgan fingerprint density at radius 1 is 1.00 bits per heavy atom. The highest BCUT2D eigenvalue weighted by Gasteiger charge is 2.00. The Bertz CT molecular complexity index is 606. The van der Waals surface area contributed by atoms with E-state index >= 15 is 0 Å². The smallest absolute Gasteiger partial charge is 0.0991 e. The van der Waals surface area contributed by atoms with Crippen molar-refractivity contribution in [3.63, 3.8) is 0 Å². The molecule has 0 aliphatic carbocycles. The predicted molar refractivity (Wildman–Crippen MR) is 82.3 cm³/mol. The molecule has 0 bridgehead atoms. The van der Waals surface area contributed by atoms with Gasteiger partial charge in [0.2, 0.25) is 0 Å². The molecule has 0 heterocycles. The summed E-state index contributed by atoms with van der Waals surface area (Å²) in [7, 11) is 0. The van der Waals surface area contributed by atoms with Gasteiger partial charge in [0.15, 0.2) is 0 Å². The van der Waals surface area contributed by atoms with Crippen LogP contribution in [0.4, 0.5) is 0 Å². The number of rotatable bonds is 5. The topological polar surface area (TPSA) is 35.8 Å². The molecule has 0 aliphatic rings. The van der Waals surface area contributed by atoms with E-state index in [1.165, 1.54) is 16.7 Å². The van der Waals surface area contributed by atoms with Gasteiger partial charge in [0, 0.05) is 13.1 Å². The molecule has 0 saturated carbocycles. The van der Waals surface area contributed by atoms with E-state index in [4.69, 9.17) is 5.26 Å². The molecule has 0 saturated heterocycles. The van der Waals surface area contributed by atoms with E-state index < -0.39 is 0 Å². The lowest BCUT2D eigenvalue weighted by Crippen LogP contribution is -2.13. The Kier molecular flexibility index (Phi) is 4.92. The van der Waals surface area contributed by atoms with Crippen LogP contribution in [0.15, 0.2) is 42.5 Å². The van der Waals surface area contributed by atoms with E-state index in [-0.39, 0.29) is 0 Å². The van der Waals surface area contributed by atoms with Gasteiger partial charge in [-0.15, -0.1) is 0 Å². The standard InChI is InChI=1S/C18H20N2/c1-3-15-4-6-16(7-5-15)12-20-13-18-9-8-17(11-19)10-14(18)2/h4-10,20H,3,12-13H2,1-2H3. The first-order valence-corrected chi connectivity index (χ1v) is 7.01. The van der Waals surface area contributed by atoms with Crippen molar-refractivity contribution >= 4 is 0 Å². The molecule has 1 N–H and O–H groups in total. The summed E-state index contributed by atoms with van der Waals surface area (Å²) in [5, 5.41) is 12.3. The third-order valence-electron chi connectivity index (χ3n) is 3.55. The minimum absolute atomic E-state index is 0.724. The quantitative estimate of drug-likeness (QED) is 0.893. The summed E-state index contributed by atoms with van der Waals surface area (Å²) >= 11 is 0. The fourth-order valence-electron chi connectivity index (χ4n) is 2.20. The molecule has 2 rings (SSSR count). The van der Waals surface area contributed by atoms with Crippen molar-refractivity contribution in [3.8, 4) is 6.07 Å². The number of nitriles is 1. The highest BCUT2D eigenvalue weighted by atomic mass is 14.8. The van der Waals surface area contributed by atoms with Crippen LogP contribution in [0, 0.1) is 18.3 Å². The SMILES string of the molecule is CCc1ccc(CNCc2ccc(C#N)cc2C)cc1. The van der Waals surface area contributed by atoms with Crippen LogP contribution in [0.25, 0.3) is 0 Å². The second-order valence-electron chi connectivity index (χ2n) is 5.03. The number of aryl methyl sites for hydroxylation is 2. The highest BCUT2D eigenvalue weighted by molar-refractivity contribution is 5.37. The summed E-state index contributed by atoms with van der Waals surface area (Å²) in [5.74, 6) is 0. The van der Waals surface area contributed by atoms with Crippen molar-refractivity contribution in [1.82, 2.24) is 5.32 Å². The van der Waals surface area contributed by atoms with Gasteiger partial charge in [0.25, 0.3) is 0 Å². The number of benzene rings is 2. The fraction of sp³-hybridized carbons (Fsp3) is 0.278. The molecule has 0 atom stereocenters. The number of hydrogen-bond donors (Lipinski definition) is 1. The lowest BCUT2D eigenvalue weighted by atomic mass is 10.1. The van der Waals surface area contributed by atoms with Gasteiger partial charge in [-0.25, -0.2) is 0 Å². The average Bonchev–Trinajstić information content (AvgIpc) is 2.49. The summed E-state index contributed by atoms with van der Waals surface area (Å²) in [6, 6.07) is 16.7. The lowest BCUT2D eigenvalue weighted by molar-refractivity contribution is 0.690. The van der Waals surface area contributed by atoms with Gasteiger partial charge in [-0.3, -0.25) is 0 Å². The molecular formula is C18H20N2. The molecule has 0 radical (unpaired) electrons. The maximum absolute atomic E-state index is 8.85. The molecule has 0 fully saturated rings. The molecule has 0 unspecified atom stereocenters. The lowest BCUT2D eigenvalue weighted by Gasteiger charge is -2.08. The number of nitrogens with zero attached hydrogens (tertiary/aromatic N) is 1. The largest absolute Gasteiger partial charge is 0.309 e. The molecule has 2 heteroatoms. The van der Waals surface area contributed by atoms with Gasteiger partial charge in [-0.2, -0.15) is 5.26 Å². The van der Waals surface area contributed by atoms with Crippen molar-refractivity contribution in [2.75, 3.05) is 0 Å². The van der Waals surface area contributed by atoms with E-state index in [1.54, 1.807) is 0 Å². The summed E-state index contributed by atoms with van der Waals surface area (Å²) in [5.41, 5.74) is 5.80. The van der Waals surface area contributed by atoms with Crippen molar-refractivity contribution in [3.05, 3.63) is 70.3 Å². The summed E-state index contributed by atoms with van der Waals surface area (Å²) < 4.78 is 0. The zero-order chi connectivity index (χ0) is 14.4. The maximum atomic E-state index is 8.85. The van der Waals surface area contributed by atoms with Crippen LogP contribution in [0.1, 0.15) is 34.7 Å². The summed E-state index contributed by atoms with van der Waals surface area (Å²) in [4.78, 5) is 0. The van der Waals surface area contributed by atoms with E-state index in [9.17, 15) is 0 Å². The van der Waals surface area contributed by atoms with E-state index in [1.807, 2.05) is 25.1 Å². The Labute approximate surface area is 121 Å². The van der Waals surface area contributed by atoms with Crippen LogP contribution in [0.3, 0.4) is 0 Å². The maximum Gasteiger partial charge on any atom is 0.0991 e. The normalized spacial score (nSPS) is 10.2. The molecule has 20 heavy (non-hydrogen) atoms. The molecule has 2 aromatic carbocycles. The van der Waals surface area contributed by atoms with E-state index in [0.29, 0.717) is 0 Å². The minimum Gasteiger partial charge on any atom is -0.309 e. The van der Waals surface area contributed by atoms with Crippen LogP contribution >= 0.6 is 0 Å². The first kappa shape index (κ1) is 14.3. The fourth-order valence-corrected chi connectivity index (χ4v) is 2.20. The van der Waals surface area contributed by atoms with Crippen molar-refractivity contribution in [2.24, 2.45) is 0 Å². The molecule has 0 aliphatic heterocycles. The van der Waals surface area contributed by atoms with Crippen LogP contribution in [0.5, 0.6) is 0 Å².